The maximum atomic E-state index is 13.8. The first kappa shape index (κ1) is 14.0. The van der Waals surface area contributed by atoms with E-state index in [-0.39, 0.29) is 17.8 Å². The Morgan fingerprint density at radius 2 is 2.26 bits per heavy atom. The van der Waals surface area contributed by atoms with Crippen LogP contribution >= 0.6 is 0 Å². The van der Waals surface area contributed by atoms with Gasteiger partial charge in [-0.05, 0) is 18.9 Å². The minimum absolute atomic E-state index is 0.0321. The Bertz CT molecular complexity index is 687. The summed E-state index contributed by atoms with van der Waals surface area (Å²) in [5, 5.41) is 3.10. The van der Waals surface area contributed by atoms with Gasteiger partial charge in [0.05, 0.1) is 11.9 Å². The van der Waals surface area contributed by atoms with E-state index in [0.29, 0.717) is 12.1 Å². The molecule has 0 spiro atoms. The molecule has 0 aromatic heterocycles. The van der Waals surface area contributed by atoms with Gasteiger partial charge in [-0.25, -0.2) is 14.4 Å². The Morgan fingerprint density at radius 1 is 1.35 bits per heavy atom. The van der Waals surface area contributed by atoms with Gasteiger partial charge in [-0.1, -0.05) is 6.58 Å². The molecule has 0 saturated carbocycles. The number of allylic oxidation sites excluding steroid dienone is 2. The van der Waals surface area contributed by atoms with Crippen LogP contribution in [0.15, 0.2) is 58.5 Å². The standard InChI is InChI=1S/C16H19FN6/c1-10-7-14-18-5-4-15(20-14)23-6-2-3-13(23)12-8-11(17)9-19-16(12)22-21-10/h4-5,7,9,12-13,18,21H,1-3,6,8H2,(H,19,22)/b14-7-. The van der Waals surface area contributed by atoms with E-state index in [1.165, 1.54) is 6.20 Å². The molecule has 23 heavy (non-hydrogen) atoms. The predicted molar refractivity (Wildman–Crippen MR) is 87.7 cm³/mol. The van der Waals surface area contributed by atoms with Crippen molar-refractivity contribution in [1.82, 2.24) is 21.1 Å². The summed E-state index contributed by atoms with van der Waals surface area (Å²) in [4.78, 5) is 11.2. The van der Waals surface area contributed by atoms with Crippen molar-refractivity contribution >= 4 is 11.7 Å². The van der Waals surface area contributed by atoms with Crippen LogP contribution < -0.4 is 16.2 Å². The normalized spacial score (nSPS) is 31.7. The van der Waals surface area contributed by atoms with Gasteiger partial charge in [0.2, 0.25) is 0 Å². The maximum Gasteiger partial charge on any atom is 0.134 e. The highest BCUT2D eigenvalue weighted by molar-refractivity contribution is 5.96. The van der Waals surface area contributed by atoms with Crippen LogP contribution in [-0.2, 0) is 0 Å². The molecule has 7 heteroatoms. The van der Waals surface area contributed by atoms with Crippen molar-refractivity contribution in [3.8, 4) is 0 Å². The molecule has 4 aliphatic heterocycles. The number of hydrogen-bond donors (Lipinski definition) is 3. The Hall–Kier alpha value is -2.57. The average Bonchev–Trinajstić information content (AvgIpc) is 3.02. The van der Waals surface area contributed by atoms with Gasteiger partial charge in [-0.2, -0.15) is 0 Å². The predicted octanol–water partition coefficient (Wildman–Crippen LogP) is 1.66. The number of aliphatic imine (C=N–C) groups is 2. The third kappa shape index (κ3) is 2.62. The van der Waals surface area contributed by atoms with E-state index >= 15 is 0 Å². The molecule has 4 rings (SSSR count). The molecule has 0 amide bonds. The zero-order valence-electron chi connectivity index (χ0n) is 12.7. The molecule has 1 saturated heterocycles. The van der Waals surface area contributed by atoms with Crippen molar-refractivity contribution in [2.75, 3.05) is 6.54 Å². The number of amidine groups is 2. The number of nitrogens with zero attached hydrogens (tertiary/aromatic N) is 3. The van der Waals surface area contributed by atoms with E-state index in [1.807, 2.05) is 18.4 Å². The summed E-state index contributed by atoms with van der Waals surface area (Å²) in [5.41, 5.74) is 6.78. The van der Waals surface area contributed by atoms with E-state index in [0.717, 1.165) is 36.9 Å². The van der Waals surface area contributed by atoms with Crippen molar-refractivity contribution in [2.45, 2.75) is 25.3 Å². The van der Waals surface area contributed by atoms with Crippen LogP contribution in [0.5, 0.6) is 0 Å². The van der Waals surface area contributed by atoms with Crippen LogP contribution in [0.2, 0.25) is 0 Å². The Balaban J connectivity index is 1.75. The van der Waals surface area contributed by atoms with Crippen molar-refractivity contribution in [2.24, 2.45) is 15.9 Å². The average molecular weight is 314 g/mol. The van der Waals surface area contributed by atoms with Crippen LogP contribution in [-0.4, -0.2) is 29.2 Å². The molecule has 1 fully saturated rings. The highest BCUT2D eigenvalue weighted by atomic mass is 19.1. The highest BCUT2D eigenvalue weighted by Crippen LogP contribution is 2.32. The fourth-order valence-corrected chi connectivity index (χ4v) is 3.51. The highest BCUT2D eigenvalue weighted by Gasteiger charge is 2.38. The number of halogens is 1. The van der Waals surface area contributed by atoms with E-state index in [4.69, 9.17) is 0 Å². The second kappa shape index (κ2) is 5.57. The maximum absolute atomic E-state index is 13.8. The molecule has 120 valence electrons. The van der Waals surface area contributed by atoms with E-state index < -0.39 is 0 Å². The number of rotatable bonds is 0. The van der Waals surface area contributed by atoms with Crippen LogP contribution in [0.3, 0.4) is 0 Å². The number of fused-ring (bicyclic) bond motifs is 5. The lowest BCUT2D eigenvalue weighted by molar-refractivity contribution is 0.310. The van der Waals surface area contributed by atoms with Crippen LogP contribution in [0.25, 0.3) is 0 Å². The first-order valence-corrected chi connectivity index (χ1v) is 7.84. The molecule has 2 unspecified atom stereocenters. The summed E-state index contributed by atoms with van der Waals surface area (Å²) in [6, 6.07) is 0.177. The topological polar surface area (TPSA) is 64.0 Å². The Kier molecular flexibility index (Phi) is 3.40. The third-order valence-corrected chi connectivity index (χ3v) is 4.53. The summed E-state index contributed by atoms with van der Waals surface area (Å²) in [5.74, 6) is 2.17. The Morgan fingerprint density at radius 3 is 3.17 bits per heavy atom. The van der Waals surface area contributed by atoms with Crippen LogP contribution in [0.4, 0.5) is 4.39 Å². The SMILES string of the molecule is C=C1/C=C2\N=C(C=CN2)N2CCCC2C2CC(F)=CN=C2NN1. The largest absolute Gasteiger partial charge is 0.353 e. The first-order valence-electron chi connectivity index (χ1n) is 7.84. The van der Waals surface area contributed by atoms with Gasteiger partial charge < -0.3 is 15.6 Å². The van der Waals surface area contributed by atoms with Gasteiger partial charge in [0.15, 0.2) is 0 Å². The molecular formula is C16H19FN6. The molecule has 3 N–H and O–H groups in total. The summed E-state index contributed by atoms with van der Waals surface area (Å²) in [7, 11) is 0. The van der Waals surface area contributed by atoms with Gasteiger partial charge in [-0.15, -0.1) is 0 Å². The fourth-order valence-electron chi connectivity index (χ4n) is 3.51. The third-order valence-electron chi connectivity index (χ3n) is 4.53. The van der Waals surface area contributed by atoms with Crippen molar-refractivity contribution in [3.05, 3.63) is 48.5 Å². The Labute approximate surface area is 134 Å². The second-order valence-electron chi connectivity index (χ2n) is 6.06. The van der Waals surface area contributed by atoms with E-state index in [9.17, 15) is 4.39 Å². The van der Waals surface area contributed by atoms with Gasteiger partial charge >= 0.3 is 0 Å². The first-order chi connectivity index (χ1) is 11.2. The molecule has 2 atom stereocenters. The number of hydrazine groups is 1. The zero-order valence-corrected chi connectivity index (χ0v) is 12.7. The monoisotopic (exact) mass is 314 g/mol. The minimum atomic E-state index is -0.178. The van der Waals surface area contributed by atoms with Gasteiger partial charge in [0.1, 0.15) is 23.3 Å². The number of hydrogen-bond acceptors (Lipinski definition) is 6. The quantitative estimate of drug-likeness (QED) is 0.636. The van der Waals surface area contributed by atoms with Crippen LogP contribution in [0, 0.1) is 5.92 Å². The summed E-state index contributed by atoms with van der Waals surface area (Å²) in [6.07, 6.45) is 9.37. The van der Waals surface area contributed by atoms with Gasteiger partial charge in [-0.3, -0.25) is 5.43 Å². The molecule has 4 aliphatic rings. The lowest BCUT2D eigenvalue weighted by Gasteiger charge is -2.35. The fraction of sp³-hybridized carbons (Fsp3) is 0.375. The summed E-state index contributed by atoms with van der Waals surface area (Å²) < 4.78 is 13.8. The van der Waals surface area contributed by atoms with Crippen molar-refractivity contribution in [1.29, 1.82) is 0 Å². The van der Waals surface area contributed by atoms with E-state index in [2.05, 4.69) is 37.6 Å². The second-order valence-corrected chi connectivity index (χ2v) is 6.06. The minimum Gasteiger partial charge on any atom is -0.353 e. The summed E-state index contributed by atoms with van der Waals surface area (Å²) in [6.45, 7) is 4.87. The summed E-state index contributed by atoms with van der Waals surface area (Å²) >= 11 is 0. The molecular weight excluding hydrogens is 295 g/mol. The lowest BCUT2D eigenvalue weighted by Crippen LogP contribution is -2.49. The molecule has 0 radical (unpaired) electrons. The molecule has 6 nitrogen and oxygen atoms in total. The number of nitrogens with one attached hydrogen (secondary N) is 3. The molecule has 0 aromatic rings. The van der Waals surface area contributed by atoms with Gasteiger partial charge in [0, 0.05) is 37.2 Å². The zero-order chi connectivity index (χ0) is 15.8. The van der Waals surface area contributed by atoms with Gasteiger partial charge in [0.25, 0.3) is 0 Å². The molecule has 0 aliphatic carbocycles. The molecule has 4 heterocycles. The molecule has 2 bridgehead atoms. The van der Waals surface area contributed by atoms with Crippen LogP contribution in [0.1, 0.15) is 19.3 Å². The van der Waals surface area contributed by atoms with E-state index in [1.54, 1.807) is 0 Å². The molecule has 0 aromatic carbocycles. The lowest BCUT2D eigenvalue weighted by atomic mass is 9.91. The van der Waals surface area contributed by atoms with Crippen molar-refractivity contribution in [3.63, 3.8) is 0 Å². The van der Waals surface area contributed by atoms with Crippen molar-refractivity contribution < 1.29 is 4.39 Å². The smallest absolute Gasteiger partial charge is 0.134 e.